The van der Waals surface area contributed by atoms with Crippen molar-refractivity contribution < 1.29 is 13.9 Å². The molecule has 4 heterocycles. The van der Waals surface area contributed by atoms with Crippen LogP contribution in [0.25, 0.3) is 10.8 Å². The van der Waals surface area contributed by atoms with E-state index in [1.807, 2.05) is 38.4 Å². The molecule has 9 heteroatoms. The number of piperidine rings is 1. The quantitative estimate of drug-likeness (QED) is 0.460. The van der Waals surface area contributed by atoms with Gasteiger partial charge in [-0.15, -0.1) is 0 Å². The maximum Gasteiger partial charge on any atom is 0.229 e. The molecule has 5 atom stereocenters. The number of amides is 1. The van der Waals surface area contributed by atoms with Crippen LogP contribution in [0.15, 0.2) is 36.7 Å². The summed E-state index contributed by atoms with van der Waals surface area (Å²) >= 11 is 6.73. The minimum Gasteiger partial charge on any atom is -0.376 e. The molecule has 7 nitrogen and oxygen atoms in total. The van der Waals surface area contributed by atoms with E-state index in [2.05, 4.69) is 33.3 Å². The third kappa shape index (κ3) is 4.50. The van der Waals surface area contributed by atoms with Gasteiger partial charge in [-0.2, -0.15) is 5.10 Å². The summed E-state index contributed by atoms with van der Waals surface area (Å²) in [6, 6.07) is 8.04. The van der Waals surface area contributed by atoms with Crippen LogP contribution in [0.5, 0.6) is 0 Å². The van der Waals surface area contributed by atoms with Crippen molar-refractivity contribution in [2.24, 2.45) is 18.9 Å². The number of aromatic nitrogens is 3. The van der Waals surface area contributed by atoms with Crippen molar-refractivity contribution in [3.8, 4) is 0 Å². The van der Waals surface area contributed by atoms with Crippen LogP contribution in [0.4, 0.5) is 10.2 Å². The fraction of sp³-hybridized carbons (Fsp3) is 0.552. The number of carbonyl (C=O) groups excluding carboxylic acids is 1. The lowest BCUT2D eigenvalue weighted by Gasteiger charge is -2.43. The Morgan fingerprint density at radius 1 is 1.26 bits per heavy atom. The fourth-order valence-electron chi connectivity index (χ4n) is 6.66. The van der Waals surface area contributed by atoms with Crippen molar-refractivity contribution in [3.05, 3.63) is 52.9 Å². The van der Waals surface area contributed by atoms with E-state index in [9.17, 15) is 9.18 Å². The minimum absolute atomic E-state index is 0.00327. The Morgan fingerprint density at radius 2 is 2.05 bits per heavy atom. The summed E-state index contributed by atoms with van der Waals surface area (Å²) in [6.07, 6.45) is 5.50. The first kappa shape index (κ1) is 25.7. The van der Waals surface area contributed by atoms with Crippen molar-refractivity contribution in [1.82, 2.24) is 19.7 Å². The number of aryl methyl sites for hydroxylation is 1. The summed E-state index contributed by atoms with van der Waals surface area (Å²) in [5.74, 6) is 1.21. The summed E-state index contributed by atoms with van der Waals surface area (Å²) < 4.78 is 21.7. The van der Waals surface area contributed by atoms with Gasteiger partial charge in [0, 0.05) is 35.8 Å². The normalized spacial score (nSPS) is 30.1. The zero-order valence-corrected chi connectivity index (χ0v) is 22.9. The minimum atomic E-state index is -0.952. The first-order chi connectivity index (χ1) is 18.3. The van der Waals surface area contributed by atoms with Gasteiger partial charge >= 0.3 is 0 Å². The summed E-state index contributed by atoms with van der Waals surface area (Å²) in [7, 11) is 1.90. The van der Waals surface area contributed by atoms with Gasteiger partial charge in [-0.25, -0.2) is 9.37 Å². The van der Waals surface area contributed by atoms with E-state index in [1.54, 1.807) is 10.9 Å². The van der Waals surface area contributed by atoms with Gasteiger partial charge in [0.2, 0.25) is 5.91 Å². The summed E-state index contributed by atoms with van der Waals surface area (Å²) in [6.45, 7) is 6.35. The maximum absolute atomic E-state index is 14.5. The zero-order valence-electron chi connectivity index (χ0n) is 22.2. The number of nitrogens with one attached hydrogen (secondary N) is 1. The highest BCUT2D eigenvalue weighted by Crippen LogP contribution is 2.55. The molecule has 1 aliphatic carbocycles. The second kappa shape index (κ2) is 9.88. The SMILES string of the molecule is CCC1C(C(=O)Nc2cc3cc(C4CCN([C@@]5(C)COC[C@H]5F)CC4)c(Cl)cc3cn2)C1c1ccn(C)n1. The van der Waals surface area contributed by atoms with Crippen molar-refractivity contribution in [2.45, 2.75) is 56.7 Å². The second-order valence-corrected chi connectivity index (χ2v) is 11.8. The van der Waals surface area contributed by atoms with Crippen LogP contribution >= 0.6 is 11.6 Å². The molecule has 1 aromatic carbocycles. The van der Waals surface area contributed by atoms with Gasteiger partial charge in [-0.1, -0.05) is 24.9 Å². The molecule has 6 rings (SSSR count). The highest BCUT2D eigenvalue weighted by molar-refractivity contribution is 6.32. The lowest BCUT2D eigenvalue weighted by molar-refractivity contribution is -0.117. The lowest BCUT2D eigenvalue weighted by atomic mass is 9.85. The Hall–Kier alpha value is -2.55. The number of rotatable bonds is 6. The van der Waals surface area contributed by atoms with Crippen molar-refractivity contribution in [1.29, 1.82) is 0 Å². The molecule has 0 radical (unpaired) electrons. The molecule has 3 unspecified atom stereocenters. The van der Waals surface area contributed by atoms with E-state index in [4.69, 9.17) is 16.3 Å². The largest absolute Gasteiger partial charge is 0.376 e. The summed E-state index contributed by atoms with van der Waals surface area (Å²) in [5.41, 5.74) is 1.55. The summed E-state index contributed by atoms with van der Waals surface area (Å²) in [4.78, 5) is 19.9. The Labute approximate surface area is 227 Å². The van der Waals surface area contributed by atoms with Gasteiger partial charge in [0.25, 0.3) is 0 Å². The molecule has 1 N–H and O–H groups in total. The van der Waals surface area contributed by atoms with Gasteiger partial charge < -0.3 is 10.1 Å². The van der Waals surface area contributed by atoms with E-state index in [1.165, 1.54) is 0 Å². The molecule has 2 aromatic heterocycles. The summed E-state index contributed by atoms with van der Waals surface area (Å²) in [5, 5.41) is 10.3. The number of carbonyl (C=O) groups is 1. The molecule has 1 saturated carbocycles. The van der Waals surface area contributed by atoms with Crippen LogP contribution < -0.4 is 5.32 Å². The van der Waals surface area contributed by atoms with Crippen molar-refractivity contribution in [2.75, 3.05) is 31.6 Å². The van der Waals surface area contributed by atoms with Crippen LogP contribution in [-0.4, -0.2) is 63.6 Å². The fourth-order valence-corrected chi connectivity index (χ4v) is 6.98. The third-order valence-electron chi connectivity index (χ3n) is 9.10. The molecule has 38 heavy (non-hydrogen) atoms. The molecule has 2 saturated heterocycles. The number of nitrogens with zero attached hydrogens (tertiary/aromatic N) is 4. The number of fused-ring (bicyclic) bond motifs is 1. The number of hydrogen-bond acceptors (Lipinski definition) is 5. The number of alkyl halides is 1. The van der Waals surface area contributed by atoms with E-state index in [0.29, 0.717) is 24.3 Å². The smallest absolute Gasteiger partial charge is 0.229 e. The van der Waals surface area contributed by atoms with Crippen LogP contribution in [0.2, 0.25) is 5.02 Å². The van der Waals surface area contributed by atoms with Gasteiger partial charge in [0.15, 0.2) is 0 Å². The molecule has 1 amide bonds. The number of benzene rings is 1. The van der Waals surface area contributed by atoms with Crippen molar-refractivity contribution in [3.63, 3.8) is 0 Å². The van der Waals surface area contributed by atoms with Gasteiger partial charge in [0.05, 0.1) is 30.4 Å². The van der Waals surface area contributed by atoms with Gasteiger partial charge in [-0.3, -0.25) is 14.4 Å². The number of likely N-dealkylation sites (tertiary alicyclic amines) is 1. The number of hydrogen-bond donors (Lipinski definition) is 1. The molecule has 3 aliphatic rings. The third-order valence-corrected chi connectivity index (χ3v) is 9.42. The molecule has 202 valence electrons. The predicted octanol–water partition coefficient (Wildman–Crippen LogP) is 5.31. The monoisotopic (exact) mass is 539 g/mol. The van der Waals surface area contributed by atoms with E-state index < -0.39 is 11.7 Å². The molecule has 0 bridgehead atoms. The van der Waals surface area contributed by atoms with Gasteiger partial charge in [0.1, 0.15) is 12.0 Å². The Kier molecular flexibility index (Phi) is 6.69. The number of anilines is 1. The molecular formula is C29H35ClFN5O2. The standard InChI is InChI=1S/C29H35ClFN5O2/c1-4-20-26(23-7-8-35(3)34-23)27(20)28(37)33-25-13-18-11-21(22(30)12-19(18)14-32-25)17-5-9-36(10-6-17)29(2)16-38-15-24(29)31/h7-8,11-14,17,20,24,26-27H,4-6,9-10,15-16H2,1-3H3,(H,32,33,37)/t20?,24-,26?,27?,29+/m1/s1. The Morgan fingerprint density at radius 3 is 2.71 bits per heavy atom. The lowest BCUT2D eigenvalue weighted by Crippen LogP contribution is -2.55. The number of halogens is 2. The second-order valence-electron chi connectivity index (χ2n) is 11.4. The average molecular weight is 540 g/mol. The topological polar surface area (TPSA) is 72.3 Å². The maximum atomic E-state index is 14.5. The molecule has 3 aromatic rings. The predicted molar refractivity (Wildman–Crippen MR) is 146 cm³/mol. The van der Waals surface area contributed by atoms with Crippen LogP contribution in [0.3, 0.4) is 0 Å². The Balaban J connectivity index is 1.16. The highest BCUT2D eigenvalue weighted by Gasteiger charge is 2.55. The van der Waals surface area contributed by atoms with Crippen LogP contribution in [0, 0.1) is 11.8 Å². The molecular weight excluding hydrogens is 505 g/mol. The van der Waals surface area contributed by atoms with Crippen LogP contribution in [-0.2, 0) is 16.6 Å². The number of ether oxygens (including phenoxy) is 1. The molecule has 3 fully saturated rings. The molecule has 2 aliphatic heterocycles. The van der Waals surface area contributed by atoms with Crippen molar-refractivity contribution >= 4 is 34.1 Å². The first-order valence-electron chi connectivity index (χ1n) is 13.6. The van der Waals surface area contributed by atoms with E-state index in [-0.39, 0.29) is 24.3 Å². The highest BCUT2D eigenvalue weighted by atomic mass is 35.5. The van der Waals surface area contributed by atoms with E-state index >= 15 is 0 Å². The van der Waals surface area contributed by atoms with E-state index in [0.717, 1.165) is 59.4 Å². The number of pyridine rings is 1. The van der Waals surface area contributed by atoms with Gasteiger partial charge in [-0.05, 0) is 79.9 Å². The average Bonchev–Trinajstić information content (AvgIpc) is 3.33. The first-order valence-corrected chi connectivity index (χ1v) is 14.0. The molecule has 0 spiro atoms. The Bertz CT molecular complexity index is 1360. The van der Waals surface area contributed by atoms with Crippen LogP contribution in [0.1, 0.15) is 56.2 Å². The zero-order chi connectivity index (χ0) is 26.6.